The highest BCUT2D eigenvalue weighted by Gasteiger charge is 2.34. The minimum absolute atomic E-state index is 0.100. The van der Waals surface area contributed by atoms with Crippen LogP contribution in [0.5, 0.6) is 0 Å². The Kier molecular flexibility index (Phi) is 27.2. The van der Waals surface area contributed by atoms with Gasteiger partial charge in [0.2, 0.25) is 0 Å². The highest BCUT2D eigenvalue weighted by molar-refractivity contribution is 7.78. The maximum Gasteiger partial charge on any atom is 0.416 e. The number of aryl methyl sites for hydroxylation is 1. The standard InChI is InChI=1S/C21H23F5.C13H18.C3H6.C2H4S.C2H6/c1-6-15(7-2)9-14(4)10-16(8-3)17-11-18(20(5,22)23)13-19(12-17)21(24,25)26;1-4-5-7-12-8-6-9-13(10-12)11(2)3;1-3-2;1-2-3;1-2/h6,8-13H,1,7H2,2-5H3;6,8-10H,2,4-5,7H2,1,3H3;3H,1H2,2H3;2H,1H3;1-2H3/b14-10+,15-9-,16-8+;;;;. The molecule has 0 radical (unpaired) electrons. The summed E-state index contributed by atoms with van der Waals surface area (Å²) in [6, 6.07) is 11.2. The van der Waals surface area contributed by atoms with Crippen molar-refractivity contribution in [2.24, 2.45) is 0 Å². The van der Waals surface area contributed by atoms with Gasteiger partial charge in [0.15, 0.2) is 0 Å². The lowest BCUT2D eigenvalue weighted by Crippen LogP contribution is -2.12. The lowest BCUT2D eigenvalue weighted by atomic mass is 9.95. The average Bonchev–Trinajstić information content (AvgIpc) is 3.02. The lowest BCUT2D eigenvalue weighted by molar-refractivity contribution is -0.137. The summed E-state index contributed by atoms with van der Waals surface area (Å²) in [7, 11) is 0. The van der Waals surface area contributed by atoms with Crippen molar-refractivity contribution in [1.29, 1.82) is 0 Å². The molecule has 0 saturated heterocycles. The predicted molar refractivity (Wildman–Crippen MR) is 203 cm³/mol. The zero-order valence-electron chi connectivity index (χ0n) is 30.3. The smallest absolute Gasteiger partial charge is 0.202 e. The number of halogens is 5. The molecule has 2 aromatic carbocycles. The third kappa shape index (κ3) is 21.9. The van der Waals surface area contributed by atoms with E-state index in [-0.39, 0.29) is 5.56 Å². The predicted octanol–water partition coefficient (Wildman–Crippen LogP) is 15.0. The Bertz CT molecular complexity index is 1260. The molecule has 0 bridgehead atoms. The van der Waals surface area contributed by atoms with Crippen LogP contribution in [0.3, 0.4) is 0 Å². The number of hydrogen-bond acceptors (Lipinski definition) is 1. The van der Waals surface area contributed by atoms with Crippen LogP contribution in [-0.2, 0) is 18.5 Å². The fourth-order valence-corrected chi connectivity index (χ4v) is 3.80. The van der Waals surface area contributed by atoms with Crippen molar-refractivity contribution in [2.45, 2.75) is 107 Å². The highest BCUT2D eigenvalue weighted by Crippen LogP contribution is 2.37. The first-order valence-electron chi connectivity index (χ1n) is 16.0. The topological polar surface area (TPSA) is 0 Å². The molecule has 262 valence electrons. The quantitative estimate of drug-likeness (QED) is 0.104. The van der Waals surface area contributed by atoms with Crippen LogP contribution in [0.1, 0.15) is 116 Å². The normalized spacial score (nSPS) is 11.5. The summed E-state index contributed by atoms with van der Waals surface area (Å²) in [6.07, 6.45) is 8.37. The van der Waals surface area contributed by atoms with Crippen molar-refractivity contribution in [1.82, 2.24) is 0 Å². The molecule has 0 aliphatic carbocycles. The SMILES string of the molecule is C=C(C)c1cccc(CCCC)c1.C=C/C(=C/C(C)=C/C(=C\C)c1cc(C(C)(F)F)cc(C(F)(F)F)c1)CC.C=CC.CC.CC=S. The second-order valence-corrected chi connectivity index (χ2v) is 10.8. The summed E-state index contributed by atoms with van der Waals surface area (Å²) in [5.74, 6) is -3.37. The molecule has 0 aromatic heterocycles. The molecule has 0 spiro atoms. The molecule has 0 nitrogen and oxygen atoms in total. The van der Waals surface area contributed by atoms with E-state index in [0.717, 1.165) is 35.3 Å². The Morgan fingerprint density at radius 2 is 1.38 bits per heavy atom. The molecule has 2 aromatic rings. The third-order valence-electron chi connectivity index (χ3n) is 6.12. The number of hydrogen-bond donors (Lipinski definition) is 0. The van der Waals surface area contributed by atoms with Crippen LogP contribution in [0.4, 0.5) is 22.0 Å². The second kappa shape index (κ2) is 26.7. The molecule has 0 heterocycles. The Balaban J connectivity index is -0.000000763. The van der Waals surface area contributed by atoms with Crippen molar-refractivity contribution >= 4 is 28.7 Å². The summed E-state index contributed by atoms with van der Waals surface area (Å²) in [5, 5.41) is 1.58. The number of alkyl halides is 5. The van der Waals surface area contributed by atoms with Gasteiger partial charge in [0, 0.05) is 12.5 Å². The summed E-state index contributed by atoms with van der Waals surface area (Å²) >= 11 is 4.27. The molecule has 0 saturated carbocycles. The van der Waals surface area contributed by atoms with Gasteiger partial charge in [-0.05, 0) is 105 Å². The Labute approximate surface area is 288 Å². The number of benzene rings is 2. The molecule has 47 heavy (non-hydrogen) atoms. The largest absolute Gasteiger partial charge is 0.416 e. The van der Waals surface area contributed by atoms with E-state index >= 15 is 0 Å². The number of allylic oxidation sites excluding steroid dienone is 9. The molecule has 0 aliphatic rings. The molecule has 6 heteroatoms. The van der Waals surface area contributed by atoms with Gasteiger partial charge in [0.25, 0.3) is 5.92 Å². The highest BCUT2D eigenvalue weighted by atomic mass is 32.1. The second-order valence-electron chi connectivity index (χ2n) is 10.3. The Morgan fingerprint density at radius 3 is 1.79 bits per heavy atom. The van der Waals surface area contributed by atoms with Crippen molar-refractivity contribution in [3.63, 3.8) is 0 Å². The monoisotopic (exact) mass is 676 g/mol. The van der Waals surface area contributed by atoms with Crippen LogP contribution in [-0.4, -0.2) is 5.37 Å². The minimum atomic E-state index is -4.70. The van der Waals surface area contributed by atoms with Gasteiger partial charge in [-0.2, -0.15) is 13.2 Å². The van der Waals surface area contributed by atoms with Gasteiger partial charge in [0.05, 0.1) is 5.56 Å². The zero-order valence-corrected chi connectivity index (χ0v) is 31.1. The Hall–Kier alpha value is -3.38. The third-order valence-corrected chi connectivity index (χ3v) is 6.12. The van der Waals surface area contributed by atoms with Gasteiger partial charge in [-0.3, -0.25) is 0 Å². The van der Waals surface area contributed by atoms with Crippen LogP contribution in [0.2, 0.25) is 0 Å². The molecule has 0 atom stereocenters. The zero-order chi connectivity index (χ0) is 37.2. The summed E-state index contributed by atoms with van der Waals surface area (Å²) < 4.78 is 66.7. The molecular formula is C41H57F5S. The van der Waals surface area contributed by atoms with Gasteiger partial charge in [-0.15, -0.1) is 6.58 Å². The minimum Gasteiger partial charge on any atom is -0.202 e. The first kappa shape index (κ1) is 48.0. The van der Waals surface area contributed by atoms with Crippen LogP contribution in [0.25, 0.3) is 11.1 Å². The van der Waals surface area contributed by atoms with Crippen molar-refractivity contribution in [2.75, 3.05) is 0 Å². The number of rotatable bonds is 10. The van der Waals surface area contributed by atoms with Gasteiger partial charge in [-0.25, -0.2) is 8.78 Å². The maximum absolute atomic E-state index is 13.7. The maximum atomic E-state index is 13.7. The fraction of sp³-hybridized carbons (Fsp3) is 0.390. The molecule has 0 N–H and O–H groups in total. The first-order valence-corrected chi connectivity index (χ1v) is 16.5. The van der Waals surface area contributed by atoms with Crippen molar-refractivity contribution in [3.8, 4) is 0 Å². The number of thiocarbonyl (C=S) groups is 1. The molecule has 0 amide bonds. The number of unbranched alkanes of at least 4 members (excludes halogenated alkanes) is 1. The van der Waals surface area contributed by atoms with E-state index in [0.29, 0.717) is 18.6 Å². The summed E-state index contributed by atoms with van der Waals surface area (Å²) in [4.78, 5) is 0. The van der Waals surface area contributed by atoms with E-state index in [1.54, 1.807) is 43.5 Å². The van der Waals surface area contributed by atoms with Gasteiger partial charge < -0.3 is 0 Å². The lowest BCUT2D eigenvalue weighted by Gasteiger charge is -2.17. The van der Waals surface area contributed by atoms with Gasteiger partial charge in [-0.1, -0.05) is 125 Å². The summed E-state index contributed by atoms with van der Waals surface area (Å²) in [5.41, 5.74) is 4.40. The van der Waals surface area contributed by atoms with Gasteiger partial charge >= 0.3 is 6.18 Å². The molecule has 0 fully saturated rings. The molecule has 0 aliphatic heterocycles. The van der Waals surface area contributed by atoms with E-state index in [9.17, 15) is 22.0 Å². The van der Waals surface area contributed by atoms with E-state index < -0.39 is 23.2 Å². The summed E-state index contributed by atoms with van der Waals surface area (Å²) in [6.45, 7) is 29.0. The molecule has 2 rings (SSSR count). The van der Waals surface area contributed by atoms with Gasteiger partial charge in [0.1, 0.15) is 0 Å². The van der Waals surface area contributed by atoms with Crippen molar-refractivity contribution < 1.29 is 22.0 Å². The van der Waals surface area contributed by atoms with E-state index in [4.69, 9.17) is 0 Å². The van der Waals surface area contributed by atoms with Crippen LogP contribution < -0.4 is 0 Å². The van der Waals surface area contributed by atoms with Crippen LogP contribution >= 0.6 is 12.2 Å². The average molecular weight is 677 g/mol. The fourth-order valence-electron chi connectivity index (χ4n) is 3.80. The van der Waals surface area contributed by atoms with E-state index in [2.05, 4.69) is 70.1 Å². The van der Waals surface area contributed by atoms with Crippen LogP contribution in [0.15, 0.2) is 104 Å². The first-order chi connectivity index (χ1) is 22.0. The molecular weight excluding hydrogens is 620 g/mol. The van der Waals surface area contributed by atoms with E-state index in [1.807, 2.05) is 40.7 Å². The van der Waals surface area contributed by atoms with E-state index in [1.165, 1.54) is 30.4 Å². The molecule has 0 unspecified atom stereocenters. The van der Waals surface area contributed by atoms with Crippen LogP contribution in [0, 0.1) is 0 Å². The Morgan fingerprint density at radius 1 is 0.851 bits per heavy atom. The van der Waals surface area contributed by atoms with Crippen molar-refractivity contribution in [3.05, 3.63) is 132 Å².